The zero-order valence-electron chi connectivity index (χ0n) is 17.8. The van der Waals surface area contributed by atoms with Crippen molar-refractivity contribution in [1.82, 2.24) is 15.4 Å². The van der Waals surface area contributed by atoms with E-state index in [9.17, 15) is 12.8 Å². The molecule has 7 nitrogen and oxygen atoms in total. The van der Waals surface area contributed by atoms with Gasteiger partial charge in [0.2, 0.25) is 10.0 Å². The van der Waals surface area contributed by atoms with Crippen LogP contribution < -0.4 is 15.4 Å². The van der Waals surface area contributed by atoms with Crippen molar-refractivity contribution in [3.05, 3.63) is 65.0 Å². The lowest BCUT2D eigenvalue weighted by molar-refractivity contribution is 0.114. The molecule has 2 aromatic carbocycles. The molecule has 0 spiro atoms. The number of rotatable bonds is 8. The van der Waals surface area contributed by atoms with Crippen LogP contribution in [0.1, 0.15) is 29.5 Å². The maximum absolute atomic E-state index is 13.7. The van der Waals surface area contributed by atoms with Crippen molar-refractivity contribution < 1.29 is 17.5 Å². The second kappa shape index (κ2) is 10.7. The third-order valence-electron chi connectivity index (χ3n) is 5.14. The lowest BCUT2D eigenvalue weighted by atomic mass is 10.1. The van der Waals surface area contributed by atoms with Crippen molar-refractivity contribution in [3.8, 4) is 0 Å². The molecule has 1 unspecified atom stereocenters. The summed E-state index contributed by atoms with van der Waals surface area (Å²) in [7, 11) is -1.91. The highest BCUT2D eigenvalue weighted by Gasteiger charge is 2.20. The largest absolute Gasteiger partial charge is 0.377 e. The lowest BCUT2D eigenvalue weighted by Gasteiger charge is -2.13. The zero-order valence-corrected chi connectivity index (χ0v) is 18.6. The van der Waals surface area contributed by atoms with Gasteiger partial charge in [0.05, 0.1) is 11.0 Å². The molecule has 1 aliphatic rings. The van der Waals surface area contributed by atoms with Gasteiger partial charge in [-0.05, 0) is 54.7 Å². The SMILES string of the molecule is CN=C(NCc1ccc(S(=O)(=O)NCC2CCCO2)cc1)NCc1ccc(C)c(F)c1. The highest BCUT2D eigenvalue weighted by Crippen LogP contribution is 2.14. The molecule has 0 amide bonds. The quantitative estimate of drug-likeness (QED) is 0.426. The molecule has 1 heterocycles. The van der Waals surface area contributed by atoms with E-state index in [4.69, 9.17) is 4.74 Å². The van der Waals surface area contributed by atoms with Crippen molar-refractivity contribution in [3.63, 3.8) is 0 Å². The van der Waals surface area contributed by atoms with Gasteiger partial charge in [0.1, 0.15) is 5.82 Å². The first kappa shape index (κ1) is 23.2. The number of hydrogen-bond donors (Lipinski definition) is 3. The fourth-order valence-corrected chi connectivity index (χ4v) is 4.28. The van der Waals surface area contributed by atoms with E-state index >= 15 is 0 Å². The van der Waals surface area contributed by atoms with E-state index in [2.05, 4.69) is 20.3 Å². The van der Waals surface area contributed by atoms with Crippen molar-refractivity contribution in [2.75, 3.05) is 20.2 Å². The molecule has 1 saturated heterocycles. The molecule has 1 aliphatic heterocycles. The number of hydrogen-bond acceptors (Lipinski definition) is 4. The maximum Gasteiger partial charge on any atom is 0.240 e. The van der Waals surface area contributed by atoms with Crippen LogP contribution in [0, 0.1) is 12.7 Å². The molecule has 168 valence electrons. The maximum atomic E-state index is 13.7. The average Bonchev–Trinajstić information content (AvgIpc) is 3.29. The Morgan fingerprint density at radius 2 is 1.81 bits per heavy atom. The summed E-state index contributed by atoms with van der Waals surface area (Å²) < 4.78 is 46.6. The summed E-state index contributed by atoms with van der Waals surface area (Å²) in [6.07, 6.45) is 1.80. The third-order valence-corrected chi connectivity index (χ3v) is 6.58. The minimum absolute atomic E-state index is 0.0473. The van der Waals surface area contributed by atoms with E-state index in [0.717, 1.165) is 24.0 Å². The molecule has 31 heavy (non-hydrogen) atoms. The van der Waals surface area contributed by atoms with Crippen molar-refractivity contribution >= 4 is 16.0 Å². The molecule has 1 fully saturated rings. The van der Waals surface area contributed by atoms with Crippen LogP contribution >= 0.6 is 0 Å². The summed E-state index contributed by atoms with van der Waals surface area (Å²) in [4.78, 5) is 4.38. The minimum Gasteiger partial charge on any atom is -0.377 e. The Hall–Kier alpha value is -2.49. The van der Waals surface area contributed by atoms with Gasteiger partial charge < -0.3 is 15.4 Å². The molecule has 3 N–H and O–H groups in total. The van der Waals surface area contributed by atoms with Crippen molar-refractivity contribution in [2.45, 2.75) is 43.9 Å². The first-order valence-corrected chi connectivity index (χ1v) is 11.8. The second-order valence-corrected chi connectivity index (χ2v) is 9.26. The number of nitrogens with zero attached hydrogens (tertiary/aromatic N) is 1. The number of halogens is 1. The van der Waals surface area contributed by atoms with E-state index in [-0.39, 0.29) is 16.8 Å². The summed E-state index contributed by atoms with van der Waals surface area (Å²) in [5, 5.41) is 6.30. The van der Waals surface area contributed by atoms with E-state index in [1.807, 2.05) is 6.07 Å². The summed E-state index contributed by atoms with van der Waals surface area (Å²) >= 11 is 0. The Balaban J connectivity index is 1.49. The van der Waals surface area contributed by atoms with Gasteiger partial charge in [-0.1, -0.05) is 24.3 Å². The fraction of sp³-hybridized carbons (Fsp3) is 0.409. The van der Waals surface area contributed by atoms with Gasteiger partial charge in [-0.15, -0.1) is 0 Å². The molecule has 2 aromatic rings. The summed E-state index contributed by atoms with van der Waals surface area (Å²) in [6, 6.07) is 11.8. The van der Waals surface area contributed by atoms with Crippen LogP contribution in [0.25, 0.3) is 0 Å². The first-order valence-electron chi connectivity index (χ1n) is 10.3. The average molecular weight is 449 g/mol. The molecular formula is C22H29FN4O3S. The van der Waals surface area contributed by atoms with Gasteiger partial charge >= 0.3 is 0 Å². The number of ether oxygens (including phenoxy) is 1. The van der Waals surface area contributed by atoms with E-state index in [1.54, 1.807) is 44.3 Å². The van der Waals surface area contributed by atoms with Crippen LogP contribution in [0.2, 0.25) is 0 Å². The standard InChI is InChI=1S/C22H29FN4O3S/c1-16-5-6-18(12-21(16)23)14-26-22(24-2)25-13-17-7-9-20(10-8-17)31(28,29)27-15-19-4-3-11-30-19/h5-10,12,19,27H,3-4,11,13-15H2,1-2H3,(H2,24,25,26). The lowest BCUT2D eigenvalue weighted by Crippen LogP contribution is -2.36. The van der Waals surface area contributed by atoms with Gasteiger partial charge in [0.15, 0.2) is 5.96 Å². The summed E-state index contributed by atoms with van der Waals surface area (Å²) in [5.74, 6) is 0.332. The van der Waals surface area contributed by atoms with Crippen LogP contribution in [0.5, 0.6) is 0 Å². The number of benzene rings is 2. The van der Waals surface area contributed by atoms with Crippen LogP contribution in [0.3, 0.4) is 0 Å². The van der Waals surface area contributed by atoms with Crippen LogP contribution in [-0.4, -0.2) is 40.7 Å². The third kappa shape index (κ3) is 6.75. The van der Waals surface area contributed by atoms with Gasteiger partial charge in [-0.3, -0.25) is 4.99 Å². The Bertz CT molecular complexity index is 1000. The van der Waals surface area contributed by atoms with E-state index in [0.29, 0.717) is 37.8 Å². The van der Waals surface area contributed by atoms with Crippen LogP contribution in [0.15, 0.2) is 52.4 Å². The number of sulfonamides is 1. The molecular weight excluding hydrogens is 419 g/mol. The highest BCUT2D eigenvalue weighted by atomic mass is 32.2. The minimum atomic E-state index is -3.56. The normalized spacial score (nSPS) is 17.0. The van der Waals surface area contributed by atoms with Crippen LogP contribution in [0.4, 0.5) is 4.39 Å². The van der Waals surface area contributed by atoms with Gasteiger partial charge in [0.25, 0.3) is 0 Å². The molecule has 0 aliphatic carbocycles. The predicted molar refractivity (Wildman–Crippen MR) is 119 cm³/mol. The Labute approximate surface area is 183 Å². The monoisotopic (exact) mass is 448 g/mol. The molecule has 1 atom stereocenters. The van der Waals surface area contributed by atoms with Crippen molar-refractivity contribution in [1.29, 1.82) is 0 Å². The predicted octanol–water partition coefficient (Wildman–Crippen LogP) is 2.46. The van der Waals surface area contributed by atoms with Gasteiger partial charge in [0, 0.05) is 33.3 Å². The number of aliphatic imine (C=N–C) groups is 1. The van der Waals surface area contributed by atoms with Gasteiger partial charge in [-0.25, -0.2) is 17.5 Å². The topological polar surface area (TPSA) is 91.8 Å². The molecule has 0 bridgehead atoms. The Morgan fingerprint density at radius 1 is 1.13 bits per heavy atom. The fourth-order valence-electron chi connectivity index (χ4n) is 3.22. The second-order valence-electron chi connectivity index (χ2n) is 7.49. The Morgan fingerprint density at radius 3 is 2.42 bits per heavy atom. The Kier molecular flexibility index (Phi) is 8.00. The number of nitrogens with one attached hydrogen (secondary N) is 3. The molecule has 3 rings (SSSR count). The first-order chi connectivity index (χ1) is 14.9. The highest BCUT2D eigenvalue weighted by molar-refractivity contribution is 7.89. The molecule has 9 heteroatoms. The molecule has 0 radical (unpaired) electrons. The summed E-state index contributed by atoms with van der Waals surface area (Å²) in [6.45, 7) is 3.60. The van der Waals surface area contributed by atoms with Crippen molar-refractivity contribution in [2.24, 2.45) is 4.99 Å². The smallest absolute Gasteiger partial charge is 0.240 e. The van der Waals surface area contributed by atoms with Crippen LogP contribution in [-0.2, 0) is 27.8 Å². The van der Waals surface area contributed by atoms with E-state index < -0.39 is 10.0 Å². The molecule has 0 saturated carbocycles. The van der Waals surface area contributed by atoms with E-state index in [1.165, 1.54) is 6.07 Å². The van der Waals surface area contributed by atoms with Gasteiger partial charge in [-0.2, -0.15) is 0 Å². The number of aryl methyl sites for hydroxylation is 1. The summed E-state index contributed by atoms with van der Waals surface area (Å²) in [5.41, 5.74) is 2.33. The number of guanidine groups is 1. The zero-order chi connectivity index (χ0) is 22.3. The molecule has 0 aromatic heterocycles.